The Balaban J connectivity index is 1.58. The van der Waals surface area contributed by atoms with Crippen LogP contribution in [0.5, 0.6) is 11.5 Å². The molecule has 5 rings (SSSR count). The average molecular weight is 468 g/mol. The summed E-state index contributed by atoms with van der Waals surface area (Å²) in [6, 6.07) is 25.7. The van der Waals surface area contributed by atoms with E-state index in [9.17, 15) is 4.79 Å². The highest BCUT2D eigenvalue weighted by Gasteiger charge is 2.26. The third-order valence-electron chi connectivity index (χ3n) is 6.24. The van der Waals surface area contributed by atoms with Crippen molar-refractivity contribution in [1.82, 2.24) is 14.9 Å². The van der Waals surface area contributed by atoms with E-state index < -0.39 is 0 Å². The van der Waals surface area contributed by atoms with Crippen molar-refractivity contribution in [2.24, 2.45) is 7.05 Å². The molecule has 3 aromatic carbocycles. The lowest BCUT2D eigenvalue weighted by atomic mass is 10.0. The molecule has 1 amide bonds. The number of hydrogen-bond donors (Lipinski definition) is 1. The van der Waals surface area contributed by atoms with Gasteiger partial charge in [-0.2, -0.15) is 0 Å². The molecule has 0 saturated carbocycles. The summed E-state index contributed by atoms with van der Waals surface area (Å²) in [5.41, 5.74) is 3.97. The van der Waals surface area contributed by atoms with Crippen molar-refractivity contribution in [2.75, 3.05) is 13.2 Å². The van der Waals surface area contributed by atoms with Gasteiger partial charge in [0.15, 0.2) is 11.5 Å². The minimum absolute atomic E-state index is 0.0862. The van der Waals surface area contributed by atoms with Crippen molar-refractivity contribution in [3.63, 3.8) is 0 Å². The number of hydrogen-bond acceptors (Lipinski definition) is 4. The van der Waals surface area contributed by atoms with Gasteiger partial charge < -0.3 is 19.4 Å². The molecule has 1 N–H and O–H groups in total. The summed E-state index contributed by atoms with van der Waals surface area (Å²) in [6.07, 6.45) is 1.80. The van der Waals surface area contributed by atoms with E-state index in [4.69, 9.17) is 14.5 Å². The summed E-state index contributed by atoms with van der Waals surface area (Å²) in [6.45, 7) is 3.15. The van der Waals surface area contributed by atoms with Crippen molar-refractivity contribution in [2.45, 2.75) is 25.8 Å². The van der Waals surface area contributed by atoms with E-state index in [-0.39, 0.29) is 11.9 Å². The first kappa shape index (κ1) is 22.7. The molecule has 0 aliphatic carbocycles. The molecule has 0 radical (unpaired) electrons. The van der Waals surface area contributed by atoms with Gasteiger partial charge in [-0.3, -0.25) is 4.79 Å². The molecule has 6 heteroatoms. The maximum absolute atomic E-state index is 13.8. The van der Waals surface area contributed by atoms with Crippen LogP contribution in [0.2, 0.25) is 0 Å². The number of carbonyl (C=O) groups excluding carboxylic acids is 1. The van der Waals surface area contributed by atoms with Crippen LogP contribution in [0.4, 0.5) is 0 Å². The smallest absolute Gasteiger partial charge is 0.270 e. The fraction of sp³-hybridized carbons (Fsp3) is 0.241. The second-order valence-electron chi connectivity index (χ2n) is 8.64. The van der Waals surface area contributed by atoms with Gasteiger partial charge in [-0.15, -0.1) is 0 Å². The predicted octanol–water partition coefficient (Wildman–Crippen LogP) is 5.80. The maximum atomic E-state index is 13.8. The quantitative estimate of drug-likeness (QED) is 0.373. The summed E-state index contributed by atoms with van der Waals surface area (Å²) in [5, 5.41) is 3.27. The van der Waals surface area contributed by atoms with Crippen molar-refractivity contribution < 1.29 is 14.3 Å². The zero-order chi connectivity index (χ0) is 24.2. The molecule has 0 bridgehead atoms. The summed E-state index contributed by atoms with van der Waals surface area (Å²) in [7, 11) is 1.89. The van der Waals surface area contributed by atoms with Gasteiger partial charge in [0.1, 0.15) is 30.4 Å². The Morgan fingerprint density at radius 1 is 0.943 bits per heavy atom. The number of nitrogens with zero attached hydrogens (tertiary/aromatic N) is 2. The largest absolute Gasteiger partial charge is 0.486 e. The number of imidazole rings is 1. The highest BCUT2D eigenvalue weighted by atomic mass is 16.6. The van der Waals surface area contributed by atoms with Gasteiger partial charge in [0, 0.05) is 18.2 Å². The third-order valence-corrected chi connectivity index (χ3v) is 6.24. The van der Waals surface area contributed by atoms with Crippen LogP contribution in [0.1, 0.15) is 41.9 Å². The second kappa shape index (κ2) is 10.1. The average Bonchev–Trinajstić information content (AvgIpc) is 3.26. The fourth-order valence-corrected chi connectivity index (χ4v) is 4.52. The summed E-state index contributed by atoms with van der Waals surface area (Å²) in [5.74, 6) is 1.94. The van der Waals surface area contributed by atoms with E-state index in [0.29, 0.717) is 36.1 Å². The fourth-order valence-electron chi connectivity index (χ4n) is 4.52. The van der Waals surface area contributed by atoms with E-state index in [1.165, 1.54) is 0 Å². The first-order valence-corrected chi connectivity index (χ1v) is 12.0. The molecule has 0 spiro atoms. The summed E-state index contributed by atoms with van der Waals surface area (Å²) in [4.78, 5) is 18.8. The Hall–Kier alpha value is -4.06. The zero-order valence-electron chi connectivity index (χ0n) is 20.0. The Morgan fingerprint density at radius 3 is 2.34 bits per heavy atom. The van der Waals surface area contributed by atoms with Crippen LogP contribution in [-0.4, -0.2) is 28.7 Å². The number of rotatable bonds is 7. The number of ether oxygens (including phenoxy) is 2. The molecule has 1 aromatic heterocycles. The standard InChI is InChI=1S/C29H29N3O3/c1-3-10-23(20-11-6-4-7-12-20)30-29(33)27-26(22-15-16-24-25(19-22)35-18-17-34-24)31-28(32(27)2)21-13-8-5-9-14-21/h4-9,11-16,19,23H,3,10,17-18H2,1-2H3,(H,30,33). The first-order chi connectivity index (χ1) is 17.2. The lowest BCUT2D eigenvalue weighted by molar-refractivity contribution is 0.0927. The maximum Gasteiger partial charge on any atom is 0.270 e. The van der Waals surface area contributed by atoms with Gasteiger partial charge in [0.05, 0.1) is 6.04 Å². The molecule has 1 atom stereocenters. The molecule has 2 heterocycles. The Bertz CT molecular complexity index is 1320. The number of fused-ring (bicyclic) bond motifs is 1. The third kappa shape index (κ3) is 4.64. The molecule has 4 aromatic rings. The Labute approximate surface area is 205 Å². The highest BCUT2D eigenvalue weighted by molar-refractivity contribution is 6.00. The summed E-state index contributed by atoms with van der Waals surface area (Å²) < 4.78 is 13.4. The Morgan fingerprint density at radius 2 is 1.63 bits per heavy atom. The van der Waals surface area contributed by atoms with Crippen molar-refractivity contribution in [1.29, 1.82) is 0 Å². The van der Waals surface area contributed by atoms with Crippen LogP contribution in [0.25, 0.3) is 22.6 Å². The van der Waals surface area contributed by atoms with Crippen LogP contribution in [-0.2, 0) is 7.05 Å². The highest BCUT2D eigenvalue weighted by Crippen LogP contribution is 2.36. The van der Waals surface area contributed by atoms with Crippen molar-refractivity contribution in [3.8, 4) is 34.1 Å². The van der Waals surface area contributed by atoms with E-state index in [0.717, 1.165) is 35.4 Å². The van der Waals surface area contributed by atoms with Crippen LogP contribution in [0, 0.1) is 0 Å². The second-order valence-corrected chi connectivity index (χ2v) is 8.64. The molecule has 1 aliphatic heterocycles. The number of benzene rings is 3. The predicted molar refractivity (Wildman–Crippen MR) is 137 cm³/mol. The number of amides is 1. The minimum atomic E-state index is -0.158. The van der Waals surface area contributed by atoms with Gasteiger partial charge in [0.25, 0.3) is 5.91 Å². The number of nitrogens with one attached hydrogen (secondary N) is 1. The SMILES string of the molecule is CCCC(NC(=O)c1c(-c2ccc3c(c2)OCCO3)nc(-c2ccccc2)n1C)c1ccccc1. The monoisotopic (exact) mass is 467 g/mol. The van der Waals surface area contributed by atoms with Crippen LogP contribution < -0.4 is 14.8 Å². The zero-order valence-corrected chi connectivity index (χ0v) is 20.0. The molecule has 0 fully saturated rings. The lowest BCUT2D eigenvalue weighted by Crippen LogP contribution is -2.30. The molecule has 1 aliphatic rings. The van der Waals surface area contributed by atoms with Gasteiger partial charge in [-0.05, 0) is 30.2 Å². The van der Waals surface area contributed by atoms with E-state index in [1.54, 1.807) is 0 Å². The number of carbonyl (C=O) groups is 1. The van der Waals surface area contributed by atoms with Crippen LogP contribution in [0.3, 0.4) is 0 Å². The van der Waals surface area contributed by atoms with E-state index in [2.05, 4.69) is 24.4 Å². The van der Waals surface area contributed by atoms with Crippen molar-refractivity contribution >= 4 is 5.91 Å². The normalized spacial score (nSPS) is 13.3. The molecule has 6 nitrogen and oxygen atoms in total. The molecule has 0 saturated heterocycles. The van der Waals surface area contributed by atoms with Crippen LogP contribution >= 0.6 is 0 Å². The van der Waals surface area contributed by atoms with Gasteiger partial charge in [-0.25, -0.2) is 4.98 Å². The first-order valence-electron chi connectivity index (χ1n) is 12.0. The molecular weight excluding hydrogens is 438 g/mol. The molecular formula is C29H29N3O3. The minimum Gasteiger partial charge on any atom is -0.486 e. The molecule has 178 valence electrons. The van der Waals surface area contributed by atoms with Gasteiger partial charge in [0.2, 0.25) is 0 Å². The van der Waals surface area contributed by atoms with Crippen LogP contribution in [0.15, 0.2) is 78.9 Å². The molecule has 1 unspecified atom stereocenters. The Kier molecular flexibility index (Phi) is 6.53. The number of aromatic nitrogens is 2. The van der Waals surface area contributed by atoms with E-state index in [1.807, 2.05) is 78.3 Å². The van der Waals surface area contributed by atoms with E-state index >= 15 is 0 Å². The van der Waals surface area contributed by atoms with Gasteiger partial charge >= 0.3 is 0 Å². The van der Waals surface area contributed by atoms with Crippen molar-refractivity contribution in [3.05, 3.63) is 90.1 Å². The lowest BCUT2D eigenvalue weighted by Gasteiger charge is -2.20. The van der Waals surface area contributed by atoms with Gasteiger partial charge in [-0.1, -0.05) is 74.0 Å². The molecule has 35 heavy (non-hydrogen) atoms. The topological polar surface area (TPSA) is 65.4 Å². The summed E-state index contributed by atoms with van der Waals surface area (Å²) >= 11 is 0.